The molecule has 2 saturated carbocycles. The van der Waals surface area contributed by atoms with E-state index in [1.165, 1.54) is 25.7 Å². The Balaban J connectivity index is 0.00000112. The molecule has 3 aliphatic rings. The maximum absolute atomic E-state index is 13.5. The minimum absolute atomic E-state index is 0. The Morgan fingerprint density at radius 1 is 1.00 bits per heavy atom. The summed E-state index contributed by atoms with van der Waals surface area (Å²) in [5, 5.41) is 18.2. The SMILES string of the molecule is Cl.Cl.Cl.O=C(Nc1ccc2cn[nH]c2c1)c1cc2[nH]c(N[C@H]3CC4CCC3C4)nc2cc1N1CCNCC1. The quantitative estimate of drug-likeness (QED) is 0.228. The first-order chi connectivity index (χ1) is 17.2. The van der Waals surface area contributed by atoms with Crippen molar-refractivity contribution in [1.82, 2.24) is 25.5 Å². The van der Waals surface area contributed by atoms with E-state index in [-0.39, 0.29) is 43.1 Å². The van der Waals surface area contributed by atoms with Gasteiger partial charge in [0.2, 0.25) is 5.95 Å². The van der Waals surface area contributed by atoms with Gasteiger partial charge in [-0.05, 0) is 61.4 Å². The van der Waals surface area contributed by atoms with Gasteiger partial charge in [-0.3, -0.25) is 9.89 Å². The molecule has 7 rings (SSSR count). The summed E-state index contributed by atoms with van der Waals surface area (Å²) in [4.78, 5) is 24.1. The standard InChI is InChI=1S/C26H30N8O.3ClH/c35-25(29-18-4-3-17-14-28-33-21(17)11-18)19-12-22-23(13-24(19)34-7-5-27-6-8-34)32-26(31-22)30-20-10-15-1-2-16(20)9-15;;;/h3-4,11-16,20,27H,1-2,5-10H2,(H,28,33)(H,29,35)(H2,30,31,32);3*1H/t15?,16?,20-;;;/m0.../s1. The Kier molecular flexibility index (Phi) is 8.62. The Hall–Kier alpha value is -2.72. The van der Waals surface area contributed by atoms with Gasteiger partial charge in [0.05, 0.1) is 34.0 Å². The summed E-state index contributed by atoms with van der Waals surface area (Å²) in [6, 6.07) is 10.3. The zero-order chi connectivity index (χ0) is 23.4. The monoisotopic (exact) mass is 578 g/mol. The molecule has 38 heavy (non-hydrogen) atoms. The van der Waals surface area contributed by atoms with Gasteiger partial charge >= 0.3 is 0 Å². The third-order valence-electron chi connectivity index (χ3n) is 8.06. The molecule has 0 spiro atoms. The predicted molar refractivity (Wildman–Crippen MR) is 160 cm³/mol. The summed E-state index contributed by atoms with van der Waals surface area (Å²) in [6.45, 7) is 3.50. The molecule has 4 aromatic rings. The average molecular weight is 580 g/mol. The van der Waals surface area contributed by atoms with Gasteiger partial charge in [0.1, 0.15) is 0 Å². The molecule has 3 atom stereocenters. The van der Waals surface area contributed by atoms with Crippen molar-refractivity contribution in [1.29, 1.82) is 0 Å². The number of nitrogens with zero attached hydrogens (tertiary/aromatic N) is 3. The Morgan fingerprint density at radius 3 is 2.61 bits per heavy atom. The van der Waals surface area contributed by atoms with Crippen LogP contribution in [0.1, 0.15) is 36.0 Å². The van der Waals surface area contributed by atoms with Crippen molar-refractivity contribution in [3.05, 3.63) is 42.1 Å². The molecule has 2 aliphatic carbocycles. The number of rotatable bonds is 5. The van der Waals surface area contributed by atoms with Gasteiger partial charge in [-0.15, -0.1) is 37.2 Å². The van der Waals surface area contributed by atoms with Crippen molar-refractivity contribution >= 4 is 82.4 Å². The smallest absolute Gasteiger partial charge is 0.257 e. The largest absolute Gasteiger partial charge is 0.368 e. The van der Waals surface area contributed by atoms with Crippen molar-refractivity contribution in [3.8, 4) is 0 Å². The highest BCUT2D eigenvalue weighted by Gasteiger charge is 2.39. The first kappa shape index (κ1) is 28.3. The van der Waals surface area contributed by atoms with Crippen molar-refractivity contribution in [2.75, 3.05) is 41.7 Å². The number of aromatic amines is 2. The number of benzene rings is 2. The second kappa shape index (κ2) is 11.6. The highest BCUT2D eigenvalue weighted by molar-refractivity contribution is 6.11. The molecular formula is C26H33Cl3N8O. The number of anilines is 3. The van der Waals surface area contributed by atoms with Crippen LogP contribution in [0.3, 0.4) is 0 Å². The molecular weight excluding hydrogens is 547 g/mol. The molecule has 1 aliphatic heterocycles. The van der Waals surface area contributed by atoms with Gasteiger partial charge in [-0.2, -0.15) is 5.10 Å². The maximum atomic E-state index is 13.5. The third-order valence-corrected chi connectivity index (χ3v) is 8.06. The van der Waals surface area contributed by atoms with Crippen LogP contribution >= 0.6 is 37.2 Å². The zero-order valence-corrected chi connectivity index (χ0v) is 23.3. The lowest BCUT2D eigenvalue weighted by Crippen LogP contribution is -2.44. The van der Waals surface area contributed by atoms with Gasteiger partial charge in [0, 0.05) is 43.3 Å². The topological polar surface area (TPSA) is 114 Å². The van der Waals surface area contributed by atoms with Crippen molar-refractivity contribution in [2.45, 2.75) is 31.7 Å². The van der Waals surface area contributed by atoms with Gasteiger partial charge in [0.25, 0.3) is 5.91 Å². The molecule has 3 heterocycles. The Labute approximate surface area is 239 Å². The third kappa shape index (κ3) is 5.25. The van der Waals surface area contributed by atoms with Gasteiger partial charge in [0.15, 0.2) is 0 Å². The zero-order valence-electron chi connectivity index (χ0n) is 20.8. The van der Waals surface area contributed by atoms with E-state index in [9.17, 15) is 4.79 Å². The van der Waals surface area contributed by atoms with Gasteiger partial charge in [-0.25, -0.2) is 4.98 Å². The summed E-state index contributed by atoms with van der Waals surface area (Å²) < 4.78 is 0. The first-order valence-electron chi connectivity index (χ1n) is 12.7. The molecule has 0 radical (unpaired) electrons. The molecule has 5 N–H and O–H groups in total. The molecule has 2 aromatic heterocycles. The van der Waals surface area contributed by atoms with Crippen LogP contribution in [0.2, 0.25) is 0 Å². The van der Waals surface area contributed by atoms with Crippen LogP contribution in [0.4, 0.5) is 17.3 Å². The molecule has 2 aromatic carbocycles. The molecule has 12 heteroatoms. The normalized spacial score (nSPS) is 22.0. The minimum Gasteiger partial charge on any atom is -0.368 e. The summed E-state index contributed by atoms with van der Waals surface area (Å²) in [5.74, 6) is 2.32. The van der Waals surface area contributed by atoms with Crippen molar-refractivity contribution in [3.63, 3.8) is 0 Å². The van der Waals surface area contributed by atoms with Crippen LogP contribution in [-0.2, 0) is 0 Å². The van der Waals surface area contributed by atoms with E-state index >= 15 is 0 Å². The predicted octanol–water partition coefficient (Wildman–Crippen LogP) is 4.97. The number of carbonyl (C=O) groups excluding carboxylic acids is 1. The molecule has 9 nitrogen and oxygen atoms in total. The van der Waals surface area contributed by atoms with E-state index in [2.05, 4.69) is 42.1 Å². The summed E-state index contributed by atoms with van der Waals surface area (Å²) in [7, 11) is 0. The Morgan fingerprint density at radius 2 is 1.84 bits per heavy atom. The number of hydrogen-bond acceptors (Lipinski definition) is 6. The fourth-order valence-electron chi connectivity index (χ4n) is 6.27. The first-order valence-corrected chi connectivity index (χ1v) is 12.7. The lowest BCUT2D eigenvalue weighted by atomic mass is 9.95. The van der Waals surface area contributed by atoms with Crippen molar-refractivity contribution in [2.24, 2.45) is 11.8 Å². The number of hydrogen-bond donors (Lipinski definition) is 5. The van der Waals surface area contributed by atoms with Crippen molar-refractivity contribution < 1.29 is 4.79 Å². The number of aromatic nitrogens is 4. The number of nitrogens with one attached hydrogen (secondary N) is 5. The number of carbonyl (C=O) groups is 1. The number of imidazole rings is 1. The number of fused-ring (bicyclic) bond motifs is 4. The van der Waals surface area contributed by atoms with E-state index in [0.29, 0.717) is 11.6 Å². The number of halogens is 3. The molecule has 3 fully saturated rings. The second-order valence-electron chi connectivity index (χ2n) is 10.3. The van der Waals surface area contributed by atoms with E-state index in [4.69, 9.17) is 4.98 Å². The van der Waals surface area contributed by atoms with Crippen LogP contribution in [0, 0.1) is 11.8 Å². The van der Waals surface area contributed by atoms with E-state index in [1.807, 2.05) is 24.3 Å². The lowest BCUT2D eigenvalue weighted by Gasteiger charge is -2.30. The summed E-state index contributed by atoms with van der Waals surface area (Å²) in [6.07, 6.45) is 7.06. The molecule has 2 unspecified atom stereocenters. The van der Waals surface area contributed by atoms with Gasteiger partial charge in [-0.1, -0.05) is 6.42 Å². The molecule has 1 saturated heterocycles. The maximum Gasteiger partial charge on any atom is 0.257 e. The minimum atomic E-state index is -0.128. The number of H-pyrrole nitrogens is 2. The summed E-state index contributed by atoms with van der Waals surface area (Å²) >= 11 is 0. The Bertz CT molecular complexity index is 1420. The van der Waals surface area contributed by atoms with Gasteiger partial charge < -0.3 is 25.8 Å². The summed E-state index contributed by atoms with van der Waals surface area (Å²) in [5.41, 5.74) is 4.98. The second-order valence-corrected chi connectivity index (χ2v) is 10.3. The molecule has 204 valence electrons. The average Bonchev–Trinajstić information content (AvgIpc) is 3.67. The van der Waals surface area contributed by atoms with Crippen LogP contribution in [0.25, 0.3) is 21.9 Å². The molecule has 2 bridgehead atoms. The highest BCUT2D eigenvalue weighted by atomic mass is 35.5. The van der Waals surface area contributed by atoms with Crippen LogP contribution in [0.5, 0.6) is 0 Å². The van der Waals surface area contributed by atoms with E-state index < -0.39 is 0 Å². The van der Waals surface area contributed by atoms with E-state index in [1.54, 1.807) is 6.20 Å². The van der Waals surface area contributed by atoms with Crippen LogP contribution in [-0.4, -0.2) is 58.3 Å². The van der Waals surface area contributed by atoms with Crippen LogP contribution < -0.4 is 20.9 Å². The van der Waals surface area contributed by atoms with Crippen LogP contribution in [0.15, 0.2) is 36.5 Å². The number of amides is 1. The molecule has 1 amide bonds. The fraction of sp³-hybridized carbons (Fsp3) is 0.423. The lowest BCUT2D eigenvalue weighted by molar-refractivity contribution is 0.102. The fourth-order valence-corrected chi connectivity index (χ4v) is 6.27. The highest BCUT2D eigenvalue weighted by Crippen LogP contribution is 2.45. The number of piperazine rings is 1. The van der Waals surface area contributed by atoms with E-state index in [0.717, 1.165) is 77.3 Å².